The summed E-state index contributed by atoms with van der Waals surface area (Å²) >= 11 is 0. The van der Waals surface area contributed by atoms with Crippen LogP contribution in [-0.4, -0.2) is 36.0 Å². The second-order valence-corrected chi connectivity index (χ2v) is 7.51. The maximum Gasteiger partial charge on any atom is 0.189 e. The second kappa shape index (κ2) is 9.55. The number of hydrogen-bond donors (Lipinski definition) is 2. The third-order valence-electron chi connectivity index (χ3n) is 5.48. The zero-order valence-corrected chi connectivity index (χ0v) is 18.0. The summed E-state index contributed by atoms with van der Waals surface area (Å²) in [6.07, 6.45) is 3.35. The molecule has 1 aliphatic heterocycles. The van der Waals surface area contributed by atoms with Crippen molar-refractivity contribution in [2.45, 2.75) is 43.8 Å². The molecule has 1 heterocycles. The first-order valence-electron chi connectivity index (χ1n) is 9.69. The van der Waals surface area contributed by atoms with E-state index in [1.165, 1.54) is 11.1 Å². The zero-order valence-electron chi connectivity index (χ0n) is 15.6. The fraction of sp³-hybridized carbons (Fsp3) is 0.409. The summed E-state index contributed by atoms with van der Waals surface area (Å²) in [5.41, 5.74) is 8.94. The third kappa shape index (κ3) is 5.69. The maximum atomic E-state index is 6.17. The fourth-order valence-corrected chi connectivity index (χ4v) is 3.88. The first-order chi connectivity index (χ1) is 12.8. The smallest absolute Gasteiger partial charge is 0.189 e. The van der Waals surface area contributed by atoms with Crippen molar-refractivity contribution >= 4 is 29.9 Å². The van der Waals surface area contributed by atoms with E-state index in [4.69, 9.17) is 10.7 Å². The molecule has 0 spiro atoms. The van der Waals surface area contributed by atoms with Crippen LogP contribution in [0.2, 0.25) is 0 Å². The highest BCUT2D eigenvalue weighted by molar-refractivity contribution is 14.0. The van der Waals surface area contributed by atoms with Gasteiger partial charge in [0.1, 0.15) is 0 Å². The van der Waals surface area contributed by atoms with Crippen molar-refractivity contribution in [3.05, 3.63) is 71.8 Å². The van der Waals surface area contributed by atoms with Crippen LogP contribution in [0.3, 0.4) is 0 Å². The summed E-state index contributed by atoms with van der Waals surface area (Å²) < 4.78 is 0. The highest BCUT2D eigenvalue weighted by Crippen LogP contribution is 2.43. The number of benzene rings is 2. The van der Waals surface area contributed by atoms with Crippen LogP contribution in [-0.2, 0) is 6.54 Å². The lowest BCUT2D eigenvalue weighted by atomic mass is 10.0. The van der Waals surface area contributed by atoms with Gasteiger partial charge in [-0.2, -0.15) is 0 Å². The highest BCUT2D eigenvalue weighted by Gasteiger charge is 2.38. The molecule has 2 unspecified atom stereocenters. The SMILES string of the molecule is I.NC(=NC1CC1c1ccccc1)NC1CCN(Cc2ccccc2)CC1. The first kappa shape index (κ1) is 20.1. The average molecular weight is 476 g/mol. The molecule has 2 fully saturated rings. The lowest BCUT2D eigenvalue weighted by Crippen LogP contribution is -2.47. The lowest BCUT2D eigenvalue weighted by Gasteiger charge is -2.32. The fourth-order valence-electron chi connectivity index (χ4n) is 3.88. The van der Waals surface area contributed by atoms with Gasteiger partial charge in [0.05, 0.1) is 6.04 Å². The Morgan fingerprint density at radius 3 is 2.30 bits per heavy atom. The number of nitrogens with one attached hydrogen (secondary N) is 1. The quantitative estimate of drug-likeness (QED) is 0.393. The molecule has 3 N–H and O–H groups in total. The molecule has 1 saturated heterocycles. The minimum atomic E-state index is 0. The Kier molecular flexibility index (Phi) is 7.13. The van der Waals surface area contributed by atoms with Gasteiger partial charge in [-0.3, -0.25) is 4.90 Å². The minimum Gasteiger partial charge on any atom is -0.370 e. The Hall–Kier alpha value is -1.60. The molecule has 0 radical (unpaired) electrons. The van der Waals surface area contributed by atoms with Crippen LogP contribution in [0, 0.1) is 0 Å². The van der Waals surface area contributed by atoms with E-state index in [0.717, 1.165) is 38.9 Å². The molecule has 27 heavy (non-hydrogen) atoms. The van der Waals surface area contributed by atoms with E-state index in [9.17, 15) is 0 Å². The van der Waals surface area contributed by atoms with E-state index in [2.05, 4.69) is 70.9 Å². The van der Waals surface area contributed by atoms with Gasteiger partial charge in [0.2, 0.25) is 0 Å². The Bertz CT molecular complexity index is 726. The molecule has 0 amide bonds. The van der Waals surface area contributed by atoms with E-state index in [-0.39, 0.29) is 24.0 Å². The molecule has 2 atom stereocenters. The summed E-state index contributed by atoms with van der Waals surface area (Å²) in [5, 5.41) is 3.45. The largest absolute Gasteiger partial charge is 0.370 e. The number of aliphatic imine (C=N–C) groups is 1. The molecule has 0 aromatic heterocycles. The van der Waals surface area contributed by atoms with Crippen LogP contribution in [0.15, 0.2) is 65.7 Å². The van der Waals surface area contributed by atoms with Gasteiger partial charge in [-0.25, -0.2) is 4.99 Å². The van der Waals surface area contributed by atoms with Gasteiger partial charge in [-0.05, 0) is 30.4 Å². The van der Waals surface area contributed by atoms with Crippen LogP contribution in [0.1, 0.15) is 36.3 Å². The van der Waals surface area contributed by atoms with Crippen molar-refractivity contribution < 1.29 is 0 Å². The monoisotopic (exact) mass is 476 g/mol. The number of guanidine groups is 1. The molecule has 2 aliphatic rings. The summed E-state index contributed by atoms with van der Waals surface area (Å²) in [6, 6.07) is 22.1. The minimum absolute atomic E-state index is 0. The summed E-state index contributed by atoms with van der Waals surface area (Å²) in [4.78, 5) is 7.22. The van der Waals surface area contributed by atoms with E-state index >= 15 is 0 Å². The number of hydrogen-bond acceptors (Lipinski definition) is 2. The van der Waals surface area contributed by atoms with Crippen LogP contribution in [0.5, 0.6) is 0 Å². The van der Waals surface area contributed by atoms with Crippen LogP contribution < -0.4 is 11.1 Å². The standard InChI is InChI=1S/C22H28N4.HI/c23-22(25-21-15-20(21)18-9-5-2-6-10-18)24-19-11-13-26(14-12-19)16-17-7-3-1-4-8-17;/h1-10,19-21H,11-16H2,(H3,23,24,25);1H. The molecule has 2 aromatic rings. The number of nitrogens with zero attached hydrogens (tertiary/aromatic N) is 2. The molecule has 0 bridgehead atoms. The van der Waals surface area contributed by atoms with E-state index < -0.39 is 0 Å². The average Bonchev–Trinajstić information content (AvgIpc) is 3.44. The number of halogens is 1. The molecular weight excluding hydrogens is 447 g/mol. The predicted octanol–water partition coefficient (Wildman–Crippen LogP) is 3.73. The van der Waals surface area contributed by atoms with Gasteiger partial charge in [0.15, 0.2) is 5.96 Å². The Morgan fingerprint density at radius 1 is 1.00 bits per heavy atom. The molecular formula is C22H29IN4. The van der Waals surface area contributed by atoms with Gasteiger partial charge in [0.25, 0.3) is 0 Å². The van der Waals surface area contributed by atoms with Gasteiger partial charge in [-0.15, -0.1) is 24.0 Å². The van der Waals surface area contributed by atoms with Crippen LogP contribution in [0.25, 0.3) is 0 Å². The molecule has 4 nitrogen and oxygen atoms in total. The summed E-state index contributed by atoms with van der Waals surface area (Å²) in [5.74, 6) is 1.17. The van der Waals surface area contributed by atoms with Crippen molar-refractivity contribution in [1.82, 2.24) is 10.2 Å². The summed E-state index contributed by atoms with van der Waals surface area (Å²) in [6.45, 7) is 3.25. The Balaban J connectivity index is 0.00000210. The number of piperidine rings is 1. The Labute approximate surface area is 179 Å². The summed E-state index contributed by atoms with van der Waals surface area (Å²) in [7, 11) is 0. The first-order valence-corrected chi connectivity index (χ1v) is 9.69. The molecule has 2 aromatic carbocycles. The van der Waals surface area contributed by atoms with Crippen LogP contribution >= 0.6 is 24.0 Å². The van der Waals surface area contributed by atoms with Gasteiger partial charge in [-0.1, -0.05) is 60.7 Å². The number of rotatable bonds is 5. The van der Waals surface area contributed by atoms with Gasteiger partial charge < -0.3 is 11.1 Å². The molecule has 1 saturated carbocycles. The zero-order chi connectivity index (χ0) is 17.8. The van der Waals surface area contributed by atoms with E-state index in [1.807, 2.05) is 0 Å². The van der Waals surface area contributed by atoms with Crippen molar-refractivity contribution in [3.8, 4) is 0 Å². The van der Waals surface area contributed by atoms with Crippen molar-refractivity contribution in [3.63, 3.8) is 0 Å². The predicted molar refractivity (Wildman–Crippen MR) is 123 cm³/mol. The second-order valence-electron chi connectivity index (χ2n) is 7.51. The van der Waals surface area contributed by atoms with E-state index in [0.29, 0.717) is 24.0 Å². The normalized spacial score (nSPS) is 23.5. The van der Waals surface area contributed by atoms with Gasteiger partial charge >= 0.3 is 0 Å². The number of likely N-dealkylation sites (tertiary alicyclic amines) is 1. The van der Waals surface area contributed by atoms with Crippen LogP contribution in [0.4, 0.5) is 0 Å². The highest BCUT2D eigenvalue weighted by atomic mass is 127. The third-order valence-corrected chi connectivity index (χ3v) is 5.48. The number of nitrogens with two attached hydrogens (primary N) is 1. The van der Waals surface area contributed by atoms with Crippen molar-refractivity contribution in [1.29, 1.82) is 0 Å². The van der Waals surface area contributed by atoms with Crippen molar-refractivity contribution in [2.75, 3.05) is 13.1 Å². The molecule has 4 rings (SSSR count). The molecule has 144 valence electrons. The maximum absolute atomic E-state index is 6.17. The topological polar surface area (TPSA) is 53.6 Å². The van der Waals surface area contributed by atoms with Crippen molar-refractivity contribution in [2.24, 2.45) is 10.7 Å². The van der Waals surface area contributed by atoms with E-state index in [1.54, 1.807) is 0 Å². The Morgan fingerprint density at radius 2 is 1.63 bits per heavy atom. The lowest BCUT2D eigenvalue weighted by molar-refractivity contribution is 0.199. The van der Waals surface area contributed by atoms with Gasteiger partial charge in [0, 0.05) is 31.6 Å². The molecule has 1 aliphatic carbocycles. The molecule has 5 heteroatoms.